The highest BCUT2D eigenvalue weighted by molar-refractivity contribution is 6.31. The number of rotatable bonds is 4. The van der Waals surface area contributed by atoms with Gasteiger partial charge in [0.1, 0.15) is 11.2 Å². The summed E-state index contributed by atoms with van der Waals surface area (Å²) in [4.78, 5) is 10.9. The topological polar surface area (TPSA) is 48.8 Å². The van der Waals surface area contributed by atoms with Crippen LogP contribution in [-0.2, 0) is 0 Å². The molecule has 4 aromatic heterocycles. The number of fused-ring (bicyclic) bond motifs is 14. The maximum atomic E-state index is 6.77. The van der Waals surface area contributed by atoms with Crippen LogP contribution in [-0.4, -0.2) is 19.1 Å². The van der Waals surface area contributed by atoms with Crippen molar-refractivity contribution < 1.29 is 4.42 Å². The zero-order valence-corrected chi connectivity index (χ0v) is 31.7. The largest absolute Gasteiger partial charge is 0.455 e. The van der Waals surface area contributed by atoms with E-state index in [-0.39, 0.29) is 0 Å². The van der Waals surface area contributed by atoms with Crippen molar-refractivity contribution in [2.45, 2.75) is 0 Å². The molecule has 13 rings (SSSR count). The fraction of sp³-hybridized carbons (Fsp3) is 0. The smallest absolute Gasteiger partial charge is 0.235 e. The summed E-state index contributed by atoms with van der Waals surface area (Å²) in [6.45, 7) is 0. The molecule has 0 bridgehead atoms. The SMILES string of the molecule is c1ccc(-c2ccc(-n3c4ccc5c6ccccc6oc5c4c4ccc5c(c6ccccc6n5-c5nc(-c6ccccc6)c6ccc7ccccc7c6n5)c43)cc2)cc1. The minimum absolute atomic E-state index is 0.632. The Morgan fingerprint density at radius 2 is 1.00 bits per heavy atom. The summed E-state index contributed by atoms with van der Waals surface area (Å²) < 4.78 is 11.5. The van der Waals surface area contributed by atoms with E-state index in [1.165, 1.54) is 11.1 Å². The molecule has 0 aliphatic carbocycles. The van der Waals surface area contributed by atoms with Gasteiger partial charge in [-0.1, -0.05) is 140 Å². The second kappa shape index (κ2) is 12.2. The Morgan fingerprint density at radius 3 is 1.81 bits per heavy atom. The summed E-state index contributed by atoms with van der Waals surface area (Å²) in [6.07, 6.45) is 0. The van der Waals surface area contributed by atoms with Gasteiger partial charge in [-0.05, 0) is 71.1 Å². The third kappa shape index (κ3) is 4.61. The van der Waals surface area contributed by atoms with Gasteiger partial charge in [-0.3, -0.25) is 4.57 Å². The maximum Gasteiger partial charge on any atom is 0.235 e. The highest BCUT2D eigenvalue weighted by atomic mass is 16.3. The first-order valence-corrected chi connectivity index (χ1v) is 20.0. The van der Waals surface area contributed by atoms with Gasteiger partial charge in [-0.2, -0.15) is 0 Å². The lowest BCUT2D eigenvalue weighted by Crippen LogP contribution is -2.04. The van der Waals surface area contributed by atoms with Crippen LogP contribution in [0.25, 0.3) is 121 Å². The lowest BCUT2D eigenvalue weighted by Gasteiger charge is -2.13. The highest BCUT2D eigenvalue weighted by Crippen LogP contribution is 2.46. The van der Waals surface area contributed by atoms with Crippen molar-refractivity contribution >= 4 is 87.2 Å². The number of hydrogen-bond acceptors (Lipinski definition) is 3. The third-order valence-electron chi connectivity index (χ3n) is 12.1. The van der Waals surface area contributed by atoms with Crippen LogP contribution in [0.2, 0.25) is 0 Å². The molecule has 0 radical (unpaired) electrons. The average molecular weight is 753 g/mol. The van der Waals surface area contributed by atoms with Gasteiger partial charge in [0.05, 0.1) is 38.7 Å². The number of para-hydroxylation sites is 2. The third-order valence-corrected chi connectivity index (χ3v) is 12.1. The standard InChI is InChI=1S/C54H32N4O/c1-3-13-33(14-4-1)34-23-26-37(27-24-34)57-46-31-29-40-39-19-10-12-22-47(39)59-53(40)49(46)42-30-32-45-48(52(42)57)41-20-9-11-21-44(41)58(45)54-55-50(36-16-5-2-6-17-36)43-28-25-35-15-7-8-18-38(35)51(43)56-54/h1-32H. The molecule has 0 saturated heterocycles. The Bertz CT molecular complexity index is 3820. The van der Waals surface area contributed by atoms with Crippen molar-refractivity contribution in [2.24, 2.45) is 0 Å². The summed E-state index contributed by atoms with van der Waals surface area (Å²) in [6, 6.07) is 68.8. The van der Waals surface area contributed by atoms with Crippen LogP contribution in [0.1, 0.15) is 0 Å². The van der Waals surface area contributed by atoms with E-state index in [9.17, 15) is 0 Å². The van der Waals surface area contributed by atoms with E-state index in [1.54, 1.807) is 0 Å². The van der Waals surface area contributed by atoms with Crippen molar-refractivity contribution in [1.82, 2.24) is 19.1 Å². The van der Waals surface area contributed by atoms with Crippen molar-refractivity contribution in [1.29, 1.82) is 0 Å². The second-order valence-corrected chi connectivity index (χ2v) is 15.3. The molecule has 4 heterocycles. The van der Waals surface area contributed by atoms with E-state index in [0.717, 1.165) is 104 Å². The van der Waals surface area contributed by atoms with Gasteiger partial charge in [0, 0.05) is 49.0 Å². The lowest BCUT2D eigenvalue weighted by molar-refractivity contribution is 0.673. The normalized spacial score (nSPS) is 12.1. The first-order chi connectivity index (χ1) is 29.3. The van der Waals surface area contributed by atoms with Gasteiger partial charge in [-0.25, -0.2) is 9.97 Å². The van der Waals surface area contributed by atoms with Crippen LogP contribution in [0.4, 0.5) is 0 Å². The summed E-state index contributed by atoms with van der Waals surface area (Å²) >= 11 is 0. The Labute approximate surface area is 337 Å². The minimum Gasteiger partial charge on any atom is -0.455 e. The lowest BCUT2D eigenvalue weighted by atomic mass is 10.0. The molecule has 0 aliphatic rings. The van der Waals surface area contributed by atoms with Crippen molar-refractivity contribution in [3.63, 3.8) is 0 Å². The van der Waals surface area contributed by atoms with Gasteiger partial charge in [0.15, 0.2) is 0 Å². The molecule has 0 amide bonds. The molecule has 59 heavy (non-hydrogen) atoms. The molecule has 0 N–H and O–H groups in total. The fourth-order valence-electron chi connectivity index (χ4n) is 9.51. The van der Waals surface area contributed by atoms with Crippen LogP contribution < -0.4 is 0 Å². The Balaban J connectivity index is 1.18. The van der Waals surface area contributed by atoms with E-state index in [0.29, 0.717) is 5.95 Å². The molecule has 5 heteroatoms. The van der Waals surface area contributed by atoms with E-state index < -0.39 is 0 Å². The number of aromatic nitrogens is 4. The van der Waals surface area contributed by atoms with Gasteiger partial charge in [0.25, 0.3) is 0 Å². The van der Waals surface area contributed by atoms with E-state index in [2.05, 4.69) is 197 Å². The Hall–Kier alpha value is -8.02. The molecular formula is C54H32N4O. The summed E-state index contributed by atoms with van der Waals surface area (Å²) in [5.41, 5.74) is 12.4. The number of benzene rings is 9. The maximum absolute atomic E-state index is 6.77. The van der Waals surface area contributed by atoms with Crippen LogP contribution >= 0.6 is 0 Å². The van der Waals surface area contributed by atoms with Crippen molar-refractivity contribution in [2.75, 3.05) is 0 Å². The van der Waals surface area contributed by atoms with Crippen LogP contribution in [0.3, 0.4) is 0 Å². The predicted molar refractivity (Wildman–Crippen MR) is 244 cm³/mol. The molecular weight excluding hydrogens is 721 g/mol. The zero-order valence-electron chi connectivity index (χ0n) is 31.7. The van der Waals surface area contributed by atoms with E-state index in [4.69, 9.17) is 14.4 Å². The second-order valence-electron chi connectivity index (χ2n) is 15.3. The molecule has 13 aromatic rings. The number of furan rings is 1. The number of hydrogen-bond donors (Lipinski definition) is 0. The van der Waals surface area contributed by atoms with E-state index in [1.807, 2.05) is 6.07 Å². The van der Waals surface area contributed by atoms with Gasteiger partial charge >= 0.3 is 0 Å². The zero-order chi connectivity index (χ0) is 38.6. The minimum atomic E-state index is 0.632. The first-order valence-electron chi connectivity index (χ1n) is 20.0. The van der Waals surface area contributed by atoms with Gasteiger partial charge in [0.2, 0.25) is 5.95 Å². The van der Waals surface area contributed by atoms with Crippen LogP contribution in [0.5, 0.6) is 0 Å². The number of nitrogens with zero attached hydrogens (tertiary/aromatic N) is 4. The van der Waals surface area contributed by atoms with Crippen LogP contribution in [0, 0.1) is 0 Å². The average Bonchev–Trinajstić information content (AvgIpc) is 3.97. The molecule has 274 valence electrons. The quantitative estimate of drug-likeness (QED) is 0.168. The van der Waals surface area contributed by atoms with Crippen molar-refractivity contribution in [3.8, 4) is 34.0 Å². The fourth-order valence-corrected chi connectivity index (χ4v) is 9.51. The Kier molecular flexibility index (Phi) is 6.66. The summed E-state index contributed by atoms with van der Waals surface area (Å²) in [5, 5.41) is 9.98. The predicted octanol–water partition coefficient (Wildman–Crippen LogP) is 14.2. The summed E-state index contributed by atoms with van der Waals surface area (Å²) in [7, 11) is 0. The molecule has 0 fully saturated rings. The molecule has 0 saturated carbocycles. The molecule has 9 aromatic carbocycles. The summed E-state index contributed by atoms with van der Waals surface area (Å²) in [5.74, 6) is 0.632. The van der Waals surface area contributed by atoms with Gasteiger partial charge < -0.3 is 8.98 Å². The van der Waals surface area contributed by atoms with Crippen molar-refractivity contribution in [3.05, 3.63) is 194 Å². The molecule has 5 nitrogen and oxygen atoms in total. The molecule has 0 unspecified atom stereocenters. The monoisotopic (exact) mass is 752 g/mol. The Morgan fingerprint density at radius 1 is 0.373 bits per heavy atom. The molecule has 0 aliphatic heterocycles. The molecule has 0 spiro atoms. The highest BCUT2D eigenvalue weighted by Gasteiger charge is 2.25. The first kappa shape index (κ1) is 32.1. The van der Waals surface area contributed by atoms with Crippen LogP contribution in [0.15, 0.2) is 199 Å². The molecule has 0 atom stereocenters. The van der Waals surface area contributed by atoms with Gasteiger partial charge in [-0.15, -0.1) is 0 Å². The van der Waals surface area contributed by atoms with E-state index >= 15 is 0 Å².